The van der Waals surface area contributed by atoms with Gasteiger partial charge in [-0.25, -0.2) is 13.5 Å². The Kier molecular flexibility index (Phi) is 5.77. The number of aromatic nitrogens is 2. The molecule has 27 heavy (non-hydrogen) atoms. The number of carbonyl (C=O) groups is 1. The van der Waals surface area contributed by atoms with E-state index in [1.54, 1.807) is 18.2 Å². The van der Waals surface area contributed by atoms with E-state index in [2.05, 4.69) is 10.4 Å². The van der Waals surface area contributed by atoms with E-state index in [0.29, 0.717) is 5.75 Å². The summed E-state index contributed by atoms with van der Waals surface area (Å²) in [5.41, 5.74) is 0.453. The van der Waals surface area contributed by atoms with Gasteiger partial charge >= 0.3 is 0 Å². The van der Waals surface area contributed by atoms with Crippen LogP contribution in [0.3, 0.4) is 0 Å². The number of amides is 1. The number of aliphatic hydroxyl groups excluding tert-OH is 1. The average Bonchev–Trinajstić information content (AvgIpc) is 3.16. The first-order chi connectivity index (χ1) is 13.0. The predicted octanol–water partition coefficient (Wildman–Crippen LogP) is 2.32. The Hall–Kier alpha value is -3.26. The first kappa shape index (κ1) is 18.5. The molecular formula is C19H17F2N3O3. The molecule has 0 radical (unpaired) electrons. The fraction of sp³-hybridized carbons (Fsp3) is 0.158. The third-order valence-electron chi connectivity index (χ3n) is 3.70. The average molecular weight is 373 g/mol. The molecule has 0 spiro atoms. The molecule has 1 unspecified atom stereocenters. The maximum atomic E-state index is 13.8. The molecule has 0 aliphatic heterocycles. The fourth-order valence-corrected chi connectivity index (χ4v) is 2.30. The summed E-state index contributed by atoms with van der Waals surface area (Å²) in [6, 6.07) is 11.4. The molecule has 3 rings (SSSR count). The Morgan fingerprint density at radius 2 is 1.93 bits per heavy atom. The van der Waals surface area contributed by atoms with E-state index in [-0.39, 0.29) is 30.2 Å². The van der Waals surface area contributed by atoms with Crippen molar-refractivity contribution in [3.05, 3.63) is 78.1 Å². The van der Waals surface area contributed by atoms with Crippen molar-refractivity contribution in [2.45, 2.75) is 6.10 Å². The molecule has 140 valence electrons. The second-order valence-corrected chi connectivity index (χ2v) is 5.75. The van der Waals surface area contributed by atoms with E-state index in [9.17, 15) is 18.7 Å². The minimum Gasteiger partial charge on any atom is -0.491 e. The number of nitrogens with zero attached hydrogens (tertiary/aromatic N) is 2. The van der Waals surface area contributed by atoms with E-state index in [0.717, 1.165) is 0 Å². The van der Waals surface area contributed by atoms with Crippen molar-refractivity contribution in [2.75, 3.05) is 13.2 Å². The van der Waals surface area contributed by atoms with Gasteiger partial charge in [0, 0.05) is 12.7 Å². The van der Waals surface area contributed by atoms with Crippen molar-refractivity contribution in [3.8, 4) is 11.4 Å². The van der Waals surface area contributed by atoms with Gasteiger partial charge in [0.15, 0.2) is 0 Å². The highest BCUT2D eigenvalue weighted by atomic mass is 19.1. The van der Waals surface area contributed by atoms with Crippen molar-refractivity contribution in [1.29, 1.82) is 0 Å². The van der Waals surface area contributed by atoms with Crippen molar-refractivity contribution >= 4 is 5.91 Å². The van der Waals surface area contributed by atoms with Crippen LogP contribution in [-0.4, -0.2) is 40.0 Å². The molecule has 1 heterocycles. The smallest absolute Gasteiger partial charge is 0.254 e. The van der Waals surface area contributed by atoms with Crippen LogP contribution in [0.15, 0.2) is 60.9 Å². The Balaban J connectivity index is 1.50. The Morgan fingerprint density at radius 1 is 1.19 bits per heavy atom. The highest BCUT2D eigenvalue weighted by molar-refractivity contribution is 5.93. The van der Waals surface area contributed by atoms with Crippen LogP contribution in [0, 0.1) is 11.6 Å². The number of para-hydroxylation sites is 1. The maximum Gasteiger partial charge on any atom is 0.254 e. The van der Waals surface area contributed by atoms with E-state index in [4.69, 9.17) is 4.74 Å². The molecule has 2 aromatic carbocycles. The van der Waals surface area contributed by atoms with Crippen LogP contribution >= 0.6 is 0 Å². The minimum absolute atomic E-state index is 0.0507. The van der Waals surface area contributed by atoms with Crippen LogP contribution in [0.4, 0.5) is 8.78 Å². The number of halogens is 2. The summed E-state index contributed by atoms with van der Waals surface area (Å²) >= 11 is 0. The highest BCUT2D eigenvalue weighted by Crippen LogP contribution is 2.13. The zero-order valence-electron chi connectivity index (χ0n) is 14.2. The summed E-state index contributed by atoms with van der Waals surface area (Å²) in [5, 5.41) is 16.4. The Morgan fingerprint density at radius 3 is 2.67 bits per heavy atom. The lowest BCUT2D eigenvalue weighted by atomic mass is 10.3. The summed E-state index contributed by atoms with van der Waals surface area (Å²) in [6.07, 6.45) is 1.75. The molecule has 3 aromatic rings. The topological polar surface area (TPSA) is 76.4 Å². The van der Waals surface area contributed by atoms with Crippen LogP contribution in [0.2, 0.25) is 0 Å². The van der Waals surface area contributed by atoms with Gasteiger partial charge in [-0.2, -0.15) is 5.10 Å². The monoisotopic (exact) mass is 373 g/mol. The molecule has 8 heteroatoms. The summed E-state index contributed by atoms with van der Waals surface area (Å²) in [6.45, 7) is -0.120. The third-order valence-corrected chi connectivity index (χ3v) is 3.70. The second kappa shape index (κ2) is 8.41. The van der Waals surface area contributed by atoms with Crippen LogP contribution < -0.4 is 10.1 Å². The molecule has 0 saturated carbocycles. The van der Waals surface area contributed by atoms with Gasteiger partial charge in [-0.05, 0) is 36.4 Å². The standard InChI is InChI=1S/C19H17F2N3O3/c20-14-5-7-16(8-6-14)27-12-15(25)10-22-19(26)13-9-23-24(11-13)18-4-2-1-3-17(18)21/h1-9,11,15,25H,10,12H2,(H,22,26). The van der Waals surface area contributed by atoms with E-state index < -0.39 is 17.8 Å². The lowest BCUT2D eigenvalue weighted by molar-refractivity contribution is 0.0843. The van der Waals surface area contributed by atoms with E-state index >= 15 is 0 Å². The lowest BCUT2D eigenvalue weighted by Crippen LogP contribution is -2.35. The number of rotatable bonds is 7. The SMILES string of the molecule is O=C(NCC(O)COc1ccc(F)cc1)c1cnn(-c2ccccc2F)c1. The number of aliphatic hydroxyl groups is 1. The van der Waals surface area contributed by atoms with Gasteiger partial charge in [-0.3, -0.25) is 4.79 Å². The van der Waals surface area contributed by atoms with Crippen LogP contribution in [0.5, 0.6) is 5.75 Å². The molecular weight excluding hydrogens is 356 g/mol. The van der Waals surface area contributed by atoms with Gasteiger partial charge in [0.1, 0.15) is 35.8 Å². The number of benzene rings is 2. The molecule has 0 saturated heterocycles. The summed E-state index contributed by atoms with van der Waals surface area (Å²) in [7, 11) is 0. The maximum absolute atomic E-state index is 13.8. The normalized spacial score (nSPS) is 11.8. The van der Waals surface area contributed by atoms with Crippen LogP contribution in [0.1, 0.15) is 10.4 Å². The Labute approximate surface area is 154 Å². The number of hydrogen-bond acceptors (Lipinski definition) is 4. The number of carbonyl (C=O) groups excluding carboxylic acids is 1. The van der Waals surface area contributed by atoms with Gasteiger partial charge in [0.2, 0.25) is 0 Å². The van der Waals surface area contributed by atoms with Crippen molar-refractivity contribution in [2.24, 2.45) is 0 Å². The zero-order valence-corrected chi connectivity index (χ0v) is 14.2. The van der Waals surface area contributed by atoms with Gasteiger partial charge in [-0.1, -0.05) is 12.1 Å². The molecule has 2 N–H and O–H groups in total. The molecule has 0 fully saturated rings. The van der Waals surface area contributed by atoms with Gasteiger partial charge in [0.05, 0.1) is 11.8 Å². The van der Waals surface area contributed by atoms with Crippen molar-refractivity contribution < 1.29 is 23.4 Å². The summed E-state index contributed by atoms with van der Waals surface area (Å²) in [4.78, 5) is 12.1. The Bertz CT molecular complexity index is 913. The molecule has 1 amide bonds. The van der Waals surface area contributed by atoms with Gasteiger partial charge in [0.25, 0.3) is 5.91 Å². The van der Waals surface area contributed by atoms with Crippen molar-refractivity contribution in [3.63, 3.8) is 0 Å². The molecule has 1 aromatic heterocycles. The minimum atomic E-state index is -0.958. The molecule has 6 nitrogen and oxygen atoms in total. The summed E-state index contributed by atoms with van der Waals surface area (Å²) < 4.78 is 33.1. The van der Waals surface area contributed by atoms with Gasteiger partial charge < -0.3 is 15.2 Å². The third kappa shape index (κ3) is 4.89. The van der Waals surface area contributed by atoms with E-state index in [1.807, 2.05) is 0 Å². The predicted molar refractivity (Wildman–Crippen MR) is 93.8 cm³/mol. The lowest BCUT2D eigenvalue weighted by Gasteiger charge is -2.13. The quantitative estimate of drug-likeness (QED) is 0.666. The fourth-order valence-electron chi connectivity index (χ4n) is 2.30. The molecule has 0 aliphatic carbocycles. The number of ether oxygens (including phenoxy) is 1. The first-order valence-corrected chi connectivity index (χ1v) is 8.17. The van der Waals surface area contributed by atoms with E-state index in [1.165, 1.54) is 47.4 Å². The molecule has 0 aliphatic rings. The number of nitrogens with one attached hydrogen (secondary N) is 1. The molecule has 1 atom stereocenters. The van der Waals surface area contributed by atoms with Crippen LogP contribution in [0.25, 0.3) is 5.69 Å². The highest BCUT2D eigenvalue weighted by Gasteiger charge is 2.13. The largest absolute Gasteiger partial charge is 0.491 e. The number of hydrogen-bond donors (Lipinski definition) is 2. The first-order valence-electron chi connectivity index (χ1n) is 8.17. The van der Waals surface area contributed by atoms with Crippen LogP contribution in [-0.2, 0) is 0 Å². The van der Waals surface area contributed by atoms with Crippen molar-refractivity contribution in [1.82, 2.24) is 15.1 Å². The van der Waals surface area contributed by atoms with Gasteiger partial charge in [-0.15, -0.1) is 0 Å². The zero-order chi connectivity index (χ0) is 19.2. The summed E-state index contributed by atoms with van der Waals surface area (Å²) in [5.74, 6) is -0.890. The second-order valence-electron chi connectivity index (χ2n) is 5.75. The molecule has 0 bridgehead atoms.